The average Bonchev–Trinajstić information content (AvgIpc) is 2.51. The molecule has 110 valence electrons. The first-order valence-electron chi connectivity index (χ1n) is 6.94. The Hall–Kier alpha value is -2.00. The van der Waals surface area contributed by atoms with Crippen LogP contribution in [-0.2, 0) is 11.3 Å². The molecule has 2 aromatic rings. The number of benzene rings is 2. The van der Waals surface area contributed by atoms with Gasteiger partial charge in [0.2, 0.25) is 0 Å². The molecule has 0 bridgehead atoms. The Morgan fingerprint density at radius 2 is 2.00 bits per heavy atom. The predicted molar refractivity (Wildman–Crippen MR) is 85.8 cm³/mol. The average molecular weight is 304 g/mol. The summed E-state index contributed by atoms with van der Waals surface area (Å²) in [5.74, 6) is -0.289. The third kappa shape index (κ3) is 4.80. The molecule has 2 aromatic carbocycles. The SMILES string of the molecule is CCCOC(=O)c1cccc(NCc2cccc(Cl)c2)c1. The molecule has 0 aliphatic heterocycles. The van der Waals surface area contributed by atoms with Crippen molar-refractivity contribution in [1.29, 1.82) is 0 Å². The van der Waals surface area contributed by atoms with Crippen LogP contribution in [0.3, 0.4) is 0 Å². The van der Waals surface area contributed by atoms with Gasteiger partial charge in [-0.1, -0.05) is 36.7 Å². The number of hydrogen-bond acceptors (Lipinski definition) is 3. The van der Waals surface area contributed by atoms with E-state index in [0.29, 0.717) is 23.7 Å². The topological polar surface area (TPSA) is 38.3 Å². The first kappa shape index (κ1) is 15.4. The molecule has 0 aromatic heterocycles. The molecule has 0 aliphatic rings. The number of hydrogen-bond donors (Lipinski definition) is 1. The minimum Gasteiger partial charge on any atom is -0.462 e. The lowest BCUT2D eigenvalue weighted by atomic mass is 10.2. The summed E-state index contributed by atoms with van der Waals surface area (Å²) >= 11 is 5.95. The molecule has 0 saturated heterocycles. The molecule has 2 rings (SSSR count). The molecule has 1 N–H and O–H groups in total. The van der Waals surface area contributed by atoms with Gasteiger partial charge in [0.05, 0.1) is 12.2 Å². The Balaban J connectivity index is 1.99. The van der Waals surface area contributed by atoms with Crippen molar-refractivity contribution in [2.24, 2.45) is 0 Å². The lowest BCUT2D eigenvalue weighted by Gasteiger charge is -2.09. The van der Waals surface area contributed by atoms with Gasteiger partial charge in [0.1, 0.15) is 0 Å². The van der Waals surface area contributed by atoms with Gasteiger partial charge in [-0.25, -0.2) is 4.79 Å². The first-order chi connectivity index (χ1) is 10.2. The highest BCUT2D eigenvalue weighted by atomic mass is 35.5. The summed E-state index contributed by atoms with van der Waals surface area (Å²) in [5, 5.41) is 3.99. The number of ether oxygens (including phenoxy) is 1. The van der Waals surface area contributed by atoms with Crippen LogP contribution in [0.1, 0.15) is 29.3 Å². The van der Waals surface area contributed by atoms with E-state index in [0.717, 1.165) is 17.7 Å². The van der Waals surface area contributed by atoms with Crippen LogP contribution in [-0.4, -0.2) is 12.6 Å². The Morgan fingerprint density at radius 1 is 1.19 bits per heavy atom. The molecule has 4 heteroatoms. The van der Waals surface area contributed by atoms with E-state index < -0.39 is 0 Å². The molecule has 3 nitrogen and oxygen atoms in total. The van der Waals surface area contributed by atoms with Crippen LogP contribution >= 0.6 is 11.6 Å². The maximum Gasteiger partial charge on any atom is 0.338 e. The van der Waals surface area contributed by atoms with E-state index in [9.17, 15) is 4.79 Å². The summed E-state index contributed by atoms with van der Waals surface area (Å²) < 4.78 is 5.13. The van der Waals surface area contributed by atoms with Gasteiger partial charge in [-0.05, 0) is 42.3 Å². The number of carbonyl (C=O) groups is 1. The first-order valence-corrected chi connectivity index (χ1v) is 7.32. The van der Waals surface area contributed by atoms with Gasteiger partial charge in [-0.2, -0.15) is 0 Å². The van der Waals surface area contributed by atoms with Gasteiger partial charge >= 0.3 is 5.97 Å². The maximum absolute atomic E-state index is 11.8. The van der Waals surface area contributed by atoms with Gasteiger partial charge < -0.3 is 10.1 Å². The molecule has 0 heterocycles. The zero-order chi connectivity index (χ0) is 15.1. The minimum absolute atomic E-state index is 0.289. The molecule has 0 saturated carbocycles. The number of halogens is 1. The minimum atomic E-state index is -0.289. The molecule has 0 unspecified atom stereocenters. The van der Waals surface area contributed by atoms with Crippen LogP contribution in [0, 0.1) is 0 Å². The molecule has 0 amide bonds. The van der Waals surface area contributed by atoms with E-state index in [1.165, 1.54) is 0 Å². The fraction of sp³-hybridized carbons (Fsp3) is 0.235. The van der Waals surface area contributed by atoms with Crippen LogP contribution < -0.4 is 5.32 Å². The van der Waals surface area contributed by atoms with Crippen LogP contribution in [0.2, 0.25) is 5.02 Å². The molecular weight excluding hydrogens is 286 g/mol. The Bertz CT molecular complexity index is 613. The molecule has 0 spiro atoms. The highest BCUT2D eigenvalue weighted by Crippen LogP contribution is 2.15. The summed E-state index contributed by atoms with van der Waals surface area (Å²) in [6, 6.07) is 15.0. The van der Waals surface area contributed by atoms with Crippen LogP contribution in [0.25, 0.3) is 0 Å². The van der Waals surface area contributed by atoms with Gasteiger partial charge in [0, 0.05) is 17.3 Å². The van der Waals surface area contributed by atoms with Gasteiger partial charge in [-0.3, -0.25) is 0 Å². The second-order valence-electron chi connectivity index (χ2n) is 4.70. The second-order valence-corrected chi connectivity index (χ2v) is 5.14. The fourth-order valence-corrected chi connectivity index (χ4v) is 2.10. The summed E-state index contributed by atoms with van der Waals surface area (Å²) in [4.78, 5) is 11.8. The number of nitrogens with one attached hydrogen (secondary N) is 1. The third-order valence-electron chi connectivity index (χ3n) is 2.92. The molecule has 21 heavy (non-hydrogen) atoms. The van der Waals surface area contributed by atoms with Crippen molar-refractivity contribution in [2.45, 2.75) is 19.9 Å². The van der Waals surface area contributed by atoms with Crippen molar-refractivity contribution in [3.8, 4) is 0 Å². The second kappa shape index (κ2) is 7.70. The van der Waals surface area contributed by atoms with Crippen LogP contribution in [0.5, 0.6) is 0 Å². The fourth-order valence-electron chi connectivity index (χ4n) is 1.89. The standard InChI is InChI=1S/C17H18ClNO2/c1-2-9-21-17(20)14-6-4-8-16(11-14)19-12-13-5-3-7-15(18)10-13/h3-8,10-11,19H,2,9,12H2,1H3. The highest BCUT2D eigenvalue weighted by Gasteiger charge is 2.07. The van der Waals surface area contributed by atoms with Crippen molar-refractivity contribution in [3.05, 3.63) is 64.7 Å². The van der Waals surface area contributed by atoms with Crippen molar-refractivity contribution in [3.63, 3.8) is 0 Å². The maximum atomic E-state index is 11.8. The molecular formula is C17H18ClNO2. The number of esters is 1. The smallest absolute Gasteiger partial charge is 0.338 e. The highest BCUT2D eigenvalue weighted by molar-refractivity contribution is 6.30. The third-order valence-corrected chi connectivity index (χ3v) is 3.16. The number of carbonyl (C=O) groups excluding carboxylic acids is 1. The van der Waals surface area contributed by atoms with E-state index >= 15 is 0 Å². The van der Waals surface area contributed by atoms with Crippen molar-refractivity contribution < 1.29 is 9.53 Å². The lowest BCUT2D eigenvalue weighted by Crippen LogP contribution is -2.07. The number of anilines is 1. The summed E-state index contributed by atoms with van der Waals surface area (Å²) in [5.41, 5.74) is 2.52. The quantitative estimate of drug-likeness (QED) is 0.797. The summed E-state index contributed by atoms with van der Waals surface area (Å²) in [6.45, 7) is 3.06. The zero-order valence-electron chi connectivity index (χ0n) is 11.9. The Morgan fingerprint density at radius 3 is 2.76 bits per heavy atom. The van der Waals surface area contributed by atoms with E-state index in [1.807, 2.05) is 43.3 Å². The van der Waals surface area contributed by atoms with E-state index in [2.05, 4.69) is 5.32 Å². The van der Waals surface area contributed by atoms with Crippen molar-refractivity contribution in [1.82, 2.24) is 0 Å². The molecule has 0 fully saturated rings. The van der Waals surface area contributed by atoms with Gasteiger partial charge in [-0.15, -0.1) is 0 Å². The summed E-state index contributed by atoms with van der Waals surface area (Å²) in [6.07, 6.45) is 0.818. The lowest BCUT2D eigenvalue weighted by molar-refractivity contribution is 0.0505. The van der Waals surface area contributed by atoms with E-state index in [1.54, 1.807) is 12.1 Å². The van der Waals surface area contributed by atoms with E-state index in [-0.39, 0.29) is 5.97 Å². The number of rotatable bonds is 6. The van der Waals surface area contributed by atoms with Gasteiger partial charge in [0.15, 0.2) is 0 Å². The van der Waals surface area contributed by atoms with Gasteiger partial charge in [0.25, 0.3) is 0 Å². The van der Waals surface area contributed by atoms with E-state index in [4.69, 9.17) is 16.3 Å². The molecule has 0 atom stereocenters. The Labute approximate surface area is 129 Å². The van der Waals surface area contributed by atoms with Crippen LogP contribution in [0.15, 0.2) is 48.5 Å². The van der Waals surface area contributed by atoms with Crippen molar-refractivity contribution >= 4 is 23.3 Å². The van der Waals surface area contributed by atoms with Crippen molar-refractivity contribution in [2.75, 3.05) is 11.9 Å². The monoisotopic (exact) mass is 303 g/mol. The Kier molecular flexibility index (Phi) is 5.64. The normalized spacial score (nSPS) is 10.2. The molecule has 0 aliphatic carbocycles. The summed E-state index contributed by atoms with van der Waals surface area (Å²) in [7, 11) is 0. The predicted octanol–water partition coefficient (Wildman–Crippen LogP) is 4.52. The zero-order valence-corrected chi connectivity index (χ0v) is 12.7. The van der Waals surface area contributed by atoms with Crippen LogP contribution in [0.4, 0.5) is 5.69 Å². The molecule has 0 radical (unpaired) electrons. The largest absolute Gasteiger partial charge is 0.462 e.